The molecule has 0 saturated carbocycles. The van der Waals surface area contributed by atoms with Crippen LogP contribution in [0.3, 0.4) is 0 Å². The van der Waals surface area contributed by atoms with Crippen molar-refractivity contribution in [3.63, 3.8) is 0 Å². The number of anilines is 1. The van der Waals surface area contributed by atoms with Crippen LogP contribution in [-0.2, 0) is 0 Å². The molecule has 0 spiro atoms. The Kier molecular flexibility index (Phi) is 5.16. The molecule has 152 valence electrons. The first kappa shape index (κ1) is 19.0. The quantitative estimate of drug-likeness (QED) is 0.492. The first-order valence-corrected chi connectivity index (χ1v) is 10.3. The fourth-order valence-corrected chi connectivity index (χ4v) is 4.06. The highest BCUT2D eigenvalue weighted by molar-refractivity contribution is 5.92. The zero-order valence-electron chi connectivity index (χ0n) is 17.0. The SMILES string of the molecule is N#Cc1cccc(-c2cc(OC3CCN(c4cncnc4)CC3)c3cnccc3c2)c1. The average molecular weight is 407 g/mol. The summed E-state index contributed by atoms with van der Waals surface area (Å²) in [6.45, 7) is 1.80. The number of piperidine rings is 1. The predicted octanol–water partition coefficient (Wildman–Crippen LogP) is 4.61. The molecule has 0 radical (unpaired) electrons. The molecule has 4 aromatic rings. The van der Waals surface area contributed by atoms with Crippen LogP contribution in [0, 0.1) is 11.3 Å². The highest BCUT2D eigenvalue weighted by atomic mass is 16.5. The Labute approximate surface area is 180 Å². The lowest BCUT2D eigenvalue weighted by Gasteiger charge is -2.33. The standard InChI is InChI=1S/C25H21N5O/c26-13-18-2-1-3-19(10-18)21-11-20-4-7-27-16-24(20)25(12-21)31-23-5-8-30(9-6-23)22-14-28-17-29-15-22/h1-4,7,10-12,14-17,23H,5-6,8-9H2. The molecular formula is C25H21N5O. The highest BCUT2D eigenvalue weighted by Gasteiger charge is 2.22. The lowest BCUT2D eigenvalue weighted by molar-refractivity contribution is 0.173. The number of aromatic nitrogens is 3. The van der Waals surface area contributed by atoms with Gasteiger partial charge in [0.1, 0.15) is 18.2 Å². The van der Waals surface area contributed by atoms with E-state index < -0.39 is 0 Å². The van der Waals surface area contributed by atoms with Crippen LogP contribution in [0.4, 0.5) is 5.69 Å². The first-order valence-electron chi connectivity index (χ1n) is 10.3. The van der Waals surface area contributed by atoms with Gasteiger partial charge in [0.2, 0.25) is 0 Å². The highest BCUT2D eigenvalue weighted by Crippen LogP contribution is 2.34. The minimum Gasteiger partial charge on any atom is -0.490 e. The molecule has 2 aromatic heterocycles. The van der Waals surface area contributed by atoms with Gasteiger partial charge in [0.15, 0.2) is 0 Å². The van der Waals surface area contributed by atoms with Crippen molar-refractivity contribution < 1.29 is 4.74 Å². The normalized spacial score (nSPS) is 14.4. The molecule has 0 unspecified atom stereocenters. The maximum atomic E-state index is 9.26. The summed E-state index contributed by atoms with van der Waals surface area (Å²) in [4.78, 5) is 14.8. The molecule has 1 aliphatic rings. The molecule has 0 amide bonds. The molecule has 0 atom stereocenters. The zero-order chi connectivity index (χ0) is 21.0. The Morgan fingerprint density at radius 3 is 2.58 bits per heavy atom. The van der Waals surface area contributed by atoms with E-state index in [0.717, 1.165) is 59.3 Å². The summed E-state index contributed by atoms with van der Waals surface area (Å²) >= 11 is 0. The molecule has 1 aliphatic heterocycles. The predicted molar refractivity (Wildman–Crippen MR) is 120 cm³/mol. The third-order valence-electron chi connectivity index (χ3n) is 5.69. The van der Waals surface area contributed by atoms with Gasteiger partial charge in [-0.2, -0.15) is 5.26 Å². The van der Waals surface area contributed by atoms with E-state index in [1.54, 1.807) is 12.5 Å². The molecule has 0 aliphatic carbocycles. The summed E-state index contributed by atoms with van der Waals surface area (Å²) in [5.74, 6) is 0.837. The second-order valence-corrected chi connectivity index (χ2v) is 7.66. The van der Waals surface area contributed by atoms with Crippen molar-refractivity contribution in [1.82, 2.24) is 15.0 Å². The van der Waals surface area contributed by atoms with E-state index >= 15 is 0 Å². The number of hydrogen-bond donors (Lipinski definition) is 0. The number of hydrogen-bond acceptors (Lipinski definition) is 6. The Morgan fingerprint density at radius 2 is 1.77 bits per heavy atom. The van der Waals surface area contributed by atoms with Crippen LogP contribution >= 0.6 is 0 Å². The van der Waals surface area contributed by atoms with E-state index in [1.165, 1.54) is 0 Å². The van der Waals surface area contributed by atoms with Gasteiger partial charge in [-0.25, -0.2) is 9.97 Å². The second-order valence-electron chi connectivity index (χ2n) is 7.66. The minimum atomic E-state index is 0.130. The molecule has 6 nitrogen and oxygen atoms in total. The third-order valence-corrected chi connectivity index (χ3v) is 5.69. The van der Waals surface area contributed by atoms with E-state index in [0.29, 0.717) is 5.56 Å². The zero-order valence-corrected chi connectivity index (χ0v) is 17.0. The number of ether oxygens (including phenoxy) is 1. The number of rotatable bonds is 4. The fourth-order valence-electron chi connectivity index (χ4n) is 4.06. The van der Waals surface area contributed by atoms with Crippen LogP contribution in [0.5, 0.6) is 5.75 Å². The van der Waals surface area contributed by atoms with Crippen LogP contribution < -0.4 is 9.64 Å². The van der Waals surface area contributed by atoms with Crippen LogP contribution in [-0.4, -0.2) is 34.1 Å². The molecule has 1 fully saturated rings. The van der Waals surface area contributed by atoms with Gasteiger partial charge in [-0.05, 0) is 46.8 Å². The van der Waals surface area contributed by atoms with Gasteiger partial charge >= 0.3 is 0 Å². The number of nitriles is 1. The van der Waals surface area contributed by atoms with Crippen molar-refractivity contribution in [3.05, 3.63) is 79.1 Å². The maximum Gasteiger partial charge on any atom is 0.129 e. The lowest BCUT2D eigenvalue weighted by Crippen LogP contribution is -2.38. The molecule has 5 rings (SSSR count). The van der Waals surface area contributed by atoms with Crippen molar-refractivity contribution in [2.75, 3.05) is 18.0 Å². The average Bonchev–Trinajstić information content (AvgIpc) is 2.85. The van der Waals surface area contributed by atoms with Gasteiger partial charge in [0, 0.05) is 43.7 Å². The van der Waals surface area contributed by atoms with Gasteiger partial charge in [0.25, 0.3) is 0 Å². The van der Waals surface area contributed by atoms with E-state index in [9.17, 15) is 5.26 Å². The molecule has 0 N–H and O–H groups in total. The Hall–Kier alpha value is -3.98. The van der Waals surface area contributed by atoms with Crippen molar-refractivity contribution in [3.8, 4) is 22.9 Å². The molecule has 1 saturated heterocycles. The molecule has 31 heavy (non-hydrogen) atoms. The first-order chi connectivity index (χ1) is 15.3. The van der Waals surface area contributed by atoms with E-state index in [1.807, 2.05) is 48.9 Å². The van der Waals surface area contributed by atoms with E-state index in [4.69, 9.17) is 4.74 Å². The summed E-state index contributed by atoms with van der Waals surface area (Å²) in [5, 5.41) is 11.3. The number of fused-ring (bicyclic) bond motifs is 1. The topological polar surface area (TPSA) is 74.9 Å². The Balaban J connectivity index is 1.41. The summed E-state index contributed by atoms with van der Waals surface area (Å²) in [6, 6.07) is 16.1. The monoisotopic (exact) mass is 407 g/mol. The third kappa shape index (κ3) is 4.03. The molecule has 2 aromatic carbocycles. The maximum absolute atomic E-state index is 9.26. The smallest absolute Gasteiger partial charge is 0.129 e. The summed E-state index contributed by atoms with van der Waals surface area (Å²) in [6.07, 6.45) is 10.9. The second kappa shape index (κ2) is 8.41. The van der Waals surface area contributed by atoms with Crippen LogP contribution in [0.25, 0.3) is 21.9 Å². The van der Waals surface area contributed by atoms with Crippen LogP contribution in [0.2, 0.25) is 0 Å². The number of benzene rings is 2. The molecular weight excluding hydrogens is 386 g/mol. The fraction of sp³-hybridized carbons (Fsp3) is 0.200. The number of pyridine rings is 1. The van der Waals surface area contributed by atoms with Gasteiger partial charge in [-0.3, -0.25) is 4.98 Å². The van der Waals surface area contributed by atoms with E-state index in [2.05, 4.69) is 38.1 Å². The van der Waals surface area contributed by atoms with Crippen molar-refractivity contribution >= 4 is 16.5 Å². The van der Waals surface area contributed by atoms with Crippen molar-refractivity contribution in [1.29, 1.82) is 5.26 Å². The Morgan fingerprint density at radius 1 is 0.935 bits per heavy atom. The molecule has 0 bridgehead atoms. The van der Waals surface area contributed by atoms with Crippen LogP contribution in [0.1, 0.15) is 18.4 Å². The Bertz CT molecular complexity index is 1240. The molecule has 3 heterocycles. The minimum absolute atomic E-state index is 0.130. The van der Waals surface area contributed by atoms with Gasteiger partial charge in [-0.15, -0.1) is 0 Å². The van der Waals surface area contributed by atoms with Crippen molar-refractivity contribution in [2.24, 2.45) is 0 Å². The summed E-state index contributed by atoms with van der Waals surface area (Å²) in [7, 11) is 0. The lowest BCUT2D eigenvalue weighted by atomic mass is 9.99. The number of nitrogens with zero attached hydrogens (tertiary/aromatic N) is 5. The van der Waals surface area contributed by atoms with Gasteiger partial charge in [0.05, 0.1) is 29.7 Å². The van der Waals surface area contributed by atoms with Crippen molar-refractivity contribution in [2.45, 2.75) is 18.9 Å². The largest absolute Gasteiger partial charge is 0.490 e. The van der Waals surface area contributed by atoms with E-state index in [-0.39, 0.29) is 6.10 Å². The van der Waals surface area contributed by atoms with Gasteiger partial charge < -0.3 is 9.64 Å². The van der Waals surface area contributed by atoms with Crippen LogP contribution in [0.15, 0.2) is 73.6 Å². The summed E-state index contributed by atoms with van der Waals surface area (Å²) in [5.41, 5.74) is 3.73. The van der Waals surface area contributed by atoms with Gasteiger partial charge in [-0.1, -0.05) is 12.1 Å². The summed E-state index contributed by atoms with van der Waals surface area (Å²) < 4.78 is 6.51. The molecule has 6 heteroatoms.